The van der Waals surface area contributed by atoms with Gasteiger partial charge in [0.05, 0.1) is 45.0 Å². The zero-order chi connectivity index (χ0) is 17.7. The lowest BCUT2D eigenvalue weighted by atomic mass is 9.80. The lowest BCUT2D eigenvalue weighted by Crippen LogP contribution is -2.60. The molecular weight excluding hydrogens is 314 g/mol. The maximum atomic E-state index is 12.2. The van der Waals surface area contributed by atoms with Gasteiger partial charge in [-0.2, -0.15) is 0 Å². The van der Waals surface area contributed by atoms with Gasteiger partial charge in [-0.05, 0) is 69.7 Å². The number of esters is 1. The predicted molar refractivity (Wildman–Crippen MR) is 98.8 cm³/mol. The average molecular weight is 346 g/mol. The smallest absolute Gasteiger partial charge is 0.338 e. The first kappa shape index (κ1) is 18.2. The van der Waals surface area contributed by atoms with Gasteiger partial charge in [0.25, 0.3) is 0 Å². The van der Waals surface area contributed by atoms with Crippen LogP contribution in [-0.4, -0.2) is 49.8 Å². The van der Waals surface area contributed by atoms with Gasteiger partial charge in [0.15, 0.2) is 0 Å². The molecule has 138 valence electrons. The fraction of sp³-hybridized carbons (Fsp3) is 0.667. The molecule has 2 aliphatic rings. The third kappa shape index (κ3) is 4.35. The normalized spacial score (nSPS) is 28.9. The first-order chi connectivity index (χ1) is 12.1. The van der Waals surface area contributed by atoms with Crippen molar-refractivity contribution in [3.63, 3.8) is 0 Å². The minimum Gasteiger partial charge on any atom is -0.494 e. The first-order valence-corrected chi connectivity index (χ1v) is 9.86. The summed E-state index contributed by atoms with van der Waals surface area (Å²) in [6.45, 7) is 5.76. The van der Waals surface area contributed by atoms with Crippen LogP contribution in [-0.2, 0) is 4.74 Å². The highest BCUT2D eigenvalue weighted by Crippen LogP contribution is 2.37. The number of hydrogen-bond acceptors (Lipinski definition) is 3. The third-order valence-electron chi connectivity index (χ3n) is 6.13. The van der Waals surface area contributed by atoms with E-state index >= 15 is 0 Å². The van der Waals surface area contributed by atoms with E-state index < -0.39 is 0 Å². The molecule has 4 heteroatoms. The Kier molecular flexibility index (Phi) is 6.00. The van der Waals surface area contributed by atoms with Crippen LogP contribution >= 0.6 is 0 Å². The molecule has 25 heavy (non-hydrogen) atoms. The zero-order valence-corrected chi connectivity index (χ0v) is 15.7. The van der Waals surface area contributed by atoms with Crippen molar-refractivity contribution in [2.45, 2.75) is 51.5 Å². The maximum absolute atomic E-state index is 12.2. The second kappa shape index (κ2) is 8.22. The fourth-order valence-corrected chi connectivity index (χ4v) is 4.81. The second-order valence-electron chi connectivity index (χ2n) is 7.77. The Bertz CT molecular complexity index is 567. The Morgan fingerprint density at radius 1 is 1.12 bits per heavy atom. The molecule has 0 spiro atoms. The van der Waals surface area contributed by atoms with Crippen LogP contribution < -0.4 is 4.74 Å². The van der Waals surface area contributed by atoms with Crippen LogP contribution in [0.15, 0.2) is 24.3 Å². The summed E-state index contributed by atoms with van der Waals surface area (Å²) in [5.41, 5.74) is 0.602. The molecule has 0 radical (unpaired) electrons. The molecule has 3 atom stereocenters. The summed E-state index contributed by atoms with van der Waals surface area (Å²) in [4.78, 5) is 12.2. The minimum atomic E-state index is -0.222. The summed E-state index contributed by atoms with van der Waals surface area (Å²) in [6, 6.07) is 7.98. The lowest BCUT2D eigenvalue weighted by Gasteiger charge is -2.51. The van der Waals surface area contributed by atoms with E-state index in [1.807, 2.05) is 19.1 Å². The number of benzene rings is 1. The summed E-state index contributed by atoms with van der Waals surface area (Å²) in [5.74, 6) is 1.27. The van der Waals surface area contributed by atoms with E-state index in [2.05, 4.69) is 7.05 Å². The molecule has 3 rings (SSSR count). The SMILES string of the molecule is CCOc1ccc(C(=O)OCC[C@H]2CCC[N+]3(C)CCCC[C@@H]23)cc1. The van der Waals surface area contributed by atoms with Crippen molar-refractivity contribution in [3.05, 3.63) is 29.8 Å². The van der Waals surface area contributed by atoms with E-state index in [9.17, 15) is 4.79 Å². The molecule has 1 aromatic rings. The Hall–Kier alpha value is -1.55. The summed E-state index contributed by atoms with van der Waals surface area (Å²) < 4.78 is 12.2. The van der Waals surface area contributed by atoms with Crippen molar-refractivity contribution < 1.29 is 18.8 Å². The molecule has 4 nitrogen and oxygen atoms in total. The molecule has 2 heterocycles. The Morgan fingerprint density at radius 3 is 2.64 bits per heavy atom. The van der Waals surface area contributed by atoms with Crippen molar-refractivity contribution in [2.75, 3.05) is 33.4 Å². The predicted octanol–water partition coefficient (Wildman–Crippen LogP) is 4.04. The Morgan fingerprint density at radius 2 is 1.88 bits per heavy atom. The van der Waals surface area contributed by atoms with Crippen LogP contribution in [0.1, 0.15) is 55.8 Å². The number of carbonyl (C=O) groups is 1. The summed E-state index contributed by atoms with van der Waals surface area (Å²) in [5, 5.41) is 0. The van der Waals surface area contributed by atoms with Gasteiger partial charge in [0.1, 0.15) is 5.75 Å². The van der Waals surface area contributed by atoms with Gasteiger partial charge in [0, 0.05) is 5.92 Å². The molecule has 0 amide bonds. The summed E-state index contributed by atoms with van der Waals surface area (Å²) in [7, 11) is 2.43. The van der Waals surface area contributed by atoms with Gasteiger partial charge in [-0.15, -0.1) is 0 Å². The van der Waals surface area contributed by atoms with Crippen LogP contribution in [0.5, 0.6) is 5.75 Å². The average Bonchev–Trinajstić information content (AvgIpc) is 2.62. The molecule has 0 aliphatic carbocycles. The van der Waals surface area contributed by atoms with Gasteiger partial charge < -0.3 is 14.0 Å². The van der Waals surface area contributed by atoms with E-state index in [1.165, 1.54) is 49.7 Å². The van der Waals surface area contributed by atoms with Gasteiger partial charge in [0.2, 0.25) is 0 Å². The lowest BCUT2D eigenvalue weighted by molar-refractivity contribution is -0.947. The molecule has 0 aromatic heterocycles. The number of hydrogen-bond donors (Lipinski definition) is 0. The van der Waals surface area contributed by atoms with Crippen molar-refractivity contribution >= 4 is 5.97 Å². The van der Waals surface area contributed by atoms with Crippen LogP contribution in [0.2, 0.25) is 0 Å². The maximum Gasteiger partial charge on any atom is 0.338 e. The monoisotopic (exact) mass is 346 g/mol. The third-order valence-corrected chi connectivity index (χ3v) is 6.13. The number of rotatable bonds is 6. The minimum absolute atomic E-state index is 0.222. The van der Waals surface area contributed by atoms with Gasteiger partial charge in [-0.25, -0.2) is 4.79 Å². The van der Waals surface area contributed by atoms with E-state index in [1.54, 1.807) is 12.1 Å². The fourth-order valence-electron chi connectivity index (χ4n) is 4.81. The number of carbonyl (C=O) groups excluding carboxylic acids is 1. The van der Waals surface area contributed by atoms with Gasteiger partial charge in [-0.1, -0.05) is 0 Å². The number of ether oxygens (including phenoxy) is 2. The van der Waals surface area contributed by atoms with Crippen molar-refractivity contribution in [3.8, 4) is 5.75 Å². The van der Waals surface area contributed by atoms with Gasteiger partial charge in [-0.3, -0.25) is 0 Å². The Balaban J connectivity index is 1.49. The number of fused-ring (bicyclic) bond motifs is 1. The first-order valence-electron chi connectivity index (χ1n) is 9.86. The van der Waals surface area contributed by atoms with E-state index in [4.69, 9.17) is 9.47 Å². The van der Waals surface area contributed by atoms with Gasteiger partial charge >= 0.3 is 5.97 Å². The van der Waals surface area contributed by atoms with Crippen molar-refractivity contribution in [2.24, 2.45) is 5.92 Å². The van der Waals surface area contributed by atoms with Crippen LogP contribution in [0.25, 0.3) is 0 Å². The van der Waals surface area contributed by atoms with Crippen LogP contribution in [0.3, 0.4) is 0 Å². The standard InChI is InChI=1S/C21H32NO3/c1-3-24-19-11-9-18(10-12-19)21(23)25-16-13-17-7-6-15-22(2)14-5-4-8-20(17)22/h9-12,17,20H,3-8,13-16H2,1-2H3/q+1/t17-,20+,22?/m1/s1. The highest BCUT2D eigenvalue weighted by atomic mass is 16.5. The molecule has 2 fully saturated rings. The van der Waals surface area contributed by atoms with Crippen LogP contribution in [0, 0.1) is 5.92 Å². The van der Waals surface area contributed by atoms with E-state index in [-0.39, 0.29) is 5.97 Å². The molecule has 0 bridgehead atoms. The second-order valence-corrected chi connectivity index (χ2v) is 7.77. The molecule has 1 aromatic carbocycles. The number of piperidine rings is 2. The quantitative estimate of drug-likeness (QED) is 0.576. The molecule has 1 unspecified atom stereocenters. The van der Waals surface area contributed by atoms with E-state index in [0.717, 1.165) is 18.2 Å². The highest BCUT2D eigenvalue weighted by Gasteiger charge is 2.43. The van der Waals surface area contributed by atoms with Crippen LogP contribution in [0.4, 0.5) is 0 Å². The molecule has 2 aliphatic heterocycles. The van der Waals surface area contributed by atoms with Crippen molar-refractivity contribution in [1.29, 1.82) is 0 Å². The zero-order valence-electron chi connectivity index (χ0n) is 15.7. The van der Waals surface area contributed by atoms with E-state index in [0.29, 0.717) is 24.7 Å². The molecule has 0 N–H and O–H groups in total. The summed E-state index contributed by atoms with van der Waals surface area (Å²) >= 11 is 0. The number of quaternary nitrogens is 1. The highest BCUT2D eigenvalue weighted by molar-refractivity contribution is 5.89. The number of nitrogens with zero attached hydrogens (tertiary/aromatic N) is 1. The largest absolute Gasteiger partial charge is 0.494 e. The summed E-state index contributed by atoms with van der Waals surface area (Å²) in [6.07, 6.45) is 7.67. The molecule has 0 saturated carbocycles. The molecule has 2 saturated heterocycles. The Labute approximate surface area is 151 Å². The van der Waals surface area contributed by atoms with Crippen molar-refractivity contribution in [1.82, 2.24) is 0 Å². The topological polar surface area (TPSA) is 35.5 Å². The molecular formula is C21H32NO3+.